The second kappa shape index (κ2) is 14.7. The van der Waals surface area contributed by atoms with Crippen LogP contribution in [0.25, 0.3) is 0 Å². The summed E-state index contributed by atoms with van der Waals surface area (Å²) in [7, 11) is -4.23. The molecule has 0 spiro atoms. The molecule has 2 amide bonds. The third-order valence-corrected chi connectivity index (χ3v) is 9.97. The zero-order valence-corrected chi connectivity index (χ0v) is 27.0. The summed E-state index contributed by atoms with van der Waals surface area (Å²) in [6, 6.07) is 16.1. The second-order valence-electron chi connectivity index (χ2n) is 10.3. The summed E-state index contributed by atoms with van der Waals surface area (Å²) in [5, 5.41) is 4.16. The van der Waals surface area contributed by atoms with Crippen molar-refractivity contribution in [3.63, 3.8) is 0 Å². The van der Waals surface area contributed by atoms with E-state index in [1.54, 1.807) is 49.4 Å². The second-order valence-corrected chi connectivity index (χ2v) is 13.5. The van der Waals surface area contributed by atoms with Gasteiger partial charge in [0.25, 0.3) is 10.0 Å². The van der Waals surface area contributed by atoms with E-state index in [4.69, 9.17) is 39.5 Å². The van der Waals surface area contributed by atoms with Crippen LogP contribution in [-0.2, 0) is 26.2 Å². The van der Waals surface area contributed by atoms with Crippen molar-refractivity contribution in [1.82, 2.24) is 10.2 Å². The molecule has 1 atom stereocenters. The van der Waals surface area contributed by atoms with E-state index in [0.29, 0.717) is 33.0 Å². The van der Waals surface area contributed by atoms with Gasteiger partial charge in [-0.05, 0) is 92.9 Å². The van der Waals surface area contributed by atoms with Gasteiger partial charge in [-0.25, -0.2) is 8.42 Å². The predicted molar refractivity (Wildman–Crippen MR) is 170 cm³/mol. The van der Waals surface area contributed by atoms with Crippen molar-refractivity contribution in [2.45, 2.75) is 63.1 Å². The van der Waals surface area contributed by atoms with Crippen molar-refractivity contribution >= 4 is 62.3 Å². The summed E-state index contributed by atoms with van der Waals surface area (Å²) in [6.45, 7) is 3.29. The molecule has 1 aliphatic carbocycles. The summed E-state index contributed by atoms with van der Waals surface area (Å²) >= 11 is 18.6. The largest absolute Gasteiger partial charge is 0.494 e. The van der Waals surface area contributed by atoms with Gasteiger partial charge in [-0.2, -0.15) is 0 Å². The highest BCUT2D eigenvalue weighted by Gasteiger charge is 2.33. The Morgan fingerprint density at radius 3 is 2.19 bits per heavy atom. The smallest absolute Gasteiger partial charge is 0.264 e. The molecule has 230 valence electrons. The van der Waals surface area contributed by atoms with Gasteiger partial charge in [0.1, 0.15) is 18.3 Å². The van der Waals surface area contributed by atoms with Crippen LogP contribution in [0.1, 0.15) is 45.1 Å². The minimum absolute atomic E-state index is 0.0355. The molecule has 0 radical (unpaired) electrons. The normalized spacial score (nSPS) is 14.3. The van der Waals surface area contributed by atoms with E-state index in [1.165, 1.54) is 29.2 Å². The number of sulfonamides is 1. The summed E-state index contributed by atoms with van der Waals surface area (Å²) in [5.74, 6) is -0.359. The van der Waals surface area contributed by atoms with Crippen LogP contribution < -0.4 is 14.4 Å². The Morgan fingerprint density at radius 1 is 0.953 bits per heavy atom. The lowest BCUT2D eigenvalue weighted by molar-refractivity contribution is -0.139. The van der Waals surface area contributed by atoms with Crippen LogP contribution in [0.2, 0.25) is 15.1 Å². The van der Waals surface area contributed by atoms with Crippen LogP contribution in [0.4, 0.5) is 5.69 Å². The minimum atomic E-state index is -4.23. The van der Waals surface area contributed by atoms with Crippen LogP contribution in [0.5, 0.6) is 5.75 Å². The number of hydrogen-bond donors (Lipinski definition) is 1. The standard InChI is InChI=1S/C31H34Cl3N3O5S/c1-3-42-27-14-12-26(13-15-27)37(43(40,41)28-16-10-23(32)11-17-28)20-30(38)36(19-22-8-9-24(33)18-29(22)34)21(2)31(39)35-25-6-4-5-7-25/h8-18,21,25H,3-7,19-20H2,1-2H3,(H,35,39)/t21-/m1/s1. The first kappa shape index (κ1) is 32.9. The van der Waals surface area contributed by atoms with Crippen LogP contribution >= 0.6 is 34.8 Å². The Morgan fingerprint density at radius 2 is 1.58 bits per heavy atom. The third-order valence-electron chi connectivity index (χ3n) is 7.34. The van der Waals surface area contributed by atoms with Gasteiger partial charge < -0.3 is 15.0 Å². The van der Waals surface area contributed by atoms with Gasteiger partial charge in [-0.15, -0.1) is 0 Å². The van der Waals surface area contributed by atoms with Crippen LogP contribution in [-0.4, -0.2) is 50.4 Å². The first-order valence-electron chi connectivity index (χ1n) is 14.0. The van der Waals surface area contributed by atoms with E-state index in [-0.39, 0.29) is 29.1 Å². The SMILES string of the molecule is CCOc1ccc(N(CC(=O)N(Cc2ccc(Cl)cc2Cl)[C@H](C)C(=O)NC2CCCC2)S(=O)(=O)c2ccc(Cl)cc2)cc1. The minimum Gasteiger partial charge on any atom is -0.494 e. The lowest BCUT2D eigenvalue weighted by Crippen LogP contribution is -2.52. The molecule has 4 rings (SSSR count). The summed E-state index contributed by atoms with van der Waals surface area (Å²) in [5.41, 5.74) is 0.812. The number of anilines is 1. The Balaban J connectivity index is 1.70. The van der Waals surface area contributed by atoms with Crippen molar-refractivity contribution in [1.29, 1.82) is 0 Å². The number of nitrogens with zero attached hydrogens (tertiary/aromatic N) is 2. The number of halogens is 3. The van der Waals surface area contributed by atoms with Crippen LogP contribution in [0.15, 0.2) is 71.6 Å². The first-order valence-corrected chi connectivity index (χ1v) is 16.6. The van der Waals surface area contributed by atoms with Crippen molar-refractivity contribution in [2.24, 2.45) is 0 Å². The molecule has 0 unspecified atom stereocenters. The quantitative estimate of drug-likeness (QED) is 0.232. The molecule has 0 saturated heterocycles. The maximum absolute atomic E-state index is 14.1. The Kier molecular flexibility index (Phi) is 11.2. The molecule has 3 aromatic rings. The van der Waals surface area contributed by atoms with Crippen molar-refractivity contribution < 1.29 is 22.7 Å². The Labute approximate surface area is 267 Å². The molecular formula is C31H34Cl3N3O5S. The van der Waals surface area contributed by atoms with Crippen LogP contribution in [0.3, 0.4) is 0 Å². The number of amides is 2. The predicted octanol–water partition coefficient (Wildman–Crippen LogP) is 6.72. The number of carbonyl (C=O) groups excluding carboxylic acids is 2. The zero-order valence-electron chi connectivity index (χ0n) is 23.9. The van der Waals surface area contributed by atoms with E-state index < -0.39 is 28.5 Å². The average Bonchev–Trinajstić information content (AvgIpc) is 3.49. The fraction of sp³-hybridized carbons (Fsp3) is 0.355. The topological polar surface area (TPSA) is 96.0 Å². The molecule has 0 aromatic heterocycles. The molecule has 1 aliphatic rings. The van der Waals surface area contributed by atoms with Gasteiger partial charge in [-0.3, -0.25) is 13.9 Å². The number of rotatable bonds is 12. The highest BCUT2D eigenvalue weighted by Crippen LogP contribution is 2.28. The van der Waals surface area contributed by atoms with Crippen molar-refractivity contribution in [3.05, 3.63) is 87.4 Å². The van der Waals surface area contributed by atoms with Gasteiger partial charge in [0.05, 0.1) is 17.2 Å². The Bertz CT molecular complexity index is 1530. The molecule has 1 N–H and O–H groups in total. The lowest BCUT2D eigenvalue weighted by Gasteiger charge is -2.32. The van der Waals surface area contributed by atoms with Gasteiger partial charge in [-0.1, -0.05) is 53.7 Å². The number of ether oxygens (including phenoxy) is 1. The molecule has 0 bridgehead atoms. The first-order chi connectivity index (χ1) is 20.5. The summed E-state index contributed by atoms with van der Waals surface area (Å²) in [4.78, 5) is 28.8. The third kappa shape index (κ3) is 8.35. The molecule has 0 heterocycles. The molecule has 1 fully saturated rings. The number of benzene rings is 3. The van der Waals surface area contributed by atoms with Crippen molar-refractivity contribution in [3.8, 4) is 5.75 Å². The zero-order chi connectivity index (χ0) is 31.1. The molecule has 0 aliphatic heterocycles. The molecule has 43 heavy (non-hydrogen) atoms. The fourth-order valence-corrected chi connectivity index (χ4v) is 6.95. The highest BCUT2D eigenvalue weighted by molar-refractivity contribution is 7.92. The van der Waals surface area contributed by atoms with Gasteiger partial charge in [0, 0.05) is 27.7 Å². The molecule has 1 saturated carbocycles. The van der Waals surface area contributed by atoms with E-state index in [0.717, 1.165) is 30.0 Å². The van der Waals surface area contributed by atoms with E-state index in [2.05, 4.69) is 5.32 Å². The summed E-state index contributed by atoms with van der Waals surface area (Å²) in [6.07, 6.45) is 3.81. The molecular weight excluding hydrogens is 633 g/mol. The maximum Gasteiger partial charge on any atom is 0.264 e. The maximum atomic E-state index is 14.1. The molecule has 3 aromatic carbocycles. The van der Waals surface area contributed by atoms with E-state index >= 15 is 0 Å². The molecule has 8 nitrogen and oxygen atoms in total. The summed E-state index contributed by atoms with van der Waals surface area (Å²) < 4.78 is 34.5. The number of hydrogen-bond acceptors (Lipinski definition) is 5. The number of nitrogens with one attached hydrogen (secondary N) is 1. The van der Waals surface area contributed by atoms with Crippen molar-refractivity contribution in [2.75, 3.05) is 17.5 Å². The fourth-order valence-electron chi connectivity index (χ4n) is 4.95. The average molecular weight is 667 g/mol. The monoisotopic (exact) mass is 665 g/mol. The van der Waals surface area contributed by atoms with Gasteiger partial charge in [0.15, 0.2) is 0 Å². The lowest BCUT2D eigenvalue weighted by atomic mass is 10.1. The van der Waals surface area contributed by atoms with Crippen LogP contribution in [0, 0.1) is 0 Å². The van der Waals surface area contributed by atoms with Gasteiger partial charge in [0.2, 0.25) is 11.8 Å². The highest BCUT2D eigenvalue weighted by atomic mass is 35.5. The number of carbonyl (C=O) groups is 2. The van der Waals surface area contributed by atoms with E-state index in [9.17, 15) is 18.0 Å². The van der Waals surface area contributed by atoms with E-state index in [1.807, 2.05) is 6.92 Å². The Hall–Kier alpha value is -2.98. The molecule has 12 heteroatoms. The van der Waals surface area contributed by atoms with Gasteiger partial charge >= 0.3 is 0 Å².